The van der Waals surface area contributed by atoms with E-state index in [2.05, 4.69) is 74.6 Å². The second-order valence-electron chi connectivity index (χ2n) is 6.27. The van der Waals surface area contributed by atoms with Crippen molar-refractivity contribution in [2.24, 2.45) is 5.92 Å². The molecule has 0 spiro atoms. The van der Waals surface area contributed by atoms with E-state index >= 15 is 0 Å². The number of aryl methyl sites for hydroxylation is 1. The van der Waals surface area contributed by atoms with Crippen LogP contribution in [0.15, 0.2) is 48.5 Å². The quantitative estimate of drug-likeness (QED) is 0.762. The lowest BCUT2D eigenvalue weighted by molar-refractivity contribution is 0.289. The Morgan fingerprint density at radius 2 is 1.68 bits per heavy atom. The van der Waals surface area contributed by atoms with E-state index < -0.39 is 0 Å². The predicted octanol–water partition coefficient (Wildman–Crippen LogP) is 4.71. The first-order chi connectivity index (χ1) is 10.6. The molecule has 22 heavy (non-hydrogen) atoms. The molecule has 0 aliphatic rings. The molecule has 0 atom stereocenters. The monoisotopic (exact) mass is 297 g/mol. The molecule has 0 saturated heterocycles. The van der Waals surface area contributed by atoms with Crippen LogP contribution in [0.4, 0.5) is 0 Å². The fourth-order valence-corrected chi connectivity index (χ4v) is 2.29. The minimum absolute atomic E-state index is 0.685. The molecule has 0 saturated carbocycles. The van der Waals surface area contributed by atoms with Crippen LogP contribution >= 0.6 is 0 Å². The molecule has 0 amide bonds. The van der Waals surface area contributed by atoms with Crippen molar-refractivity contribution in [3.05, 3.63) is 65.2 Å². The third kappa shape index (κ3) is 5.90. The summed E-state index contributed by atoms with van der Waals surface area (Å²) in [4.78, 5) is 0. The summed E-state index contributed by atoms with van der Waals surface area (Å²) in [5.41, 5.74) is 3.92. The molecule has 118 valence electrons. The highest BCUT2D eigenvalue weighted by Crippen LogP contribution is 2.13. The summed E-state index contributed by atoms with van der Waals surface area (Å²) in [6, 6.07) is 17.0. The van der Waals surface area contributed by atoms with E-state index in [1.54, 1.807) is 0 Å². The van der Waals surface area contributed by atoms with Gasteiger partial charge >= 0.3 is 0 Å². The van der Waals surface area contributed by atoms with Crippen LogP contribution < -0.4 is 10.1 Å². The largest absolute Gasteiger partial charge is 0.494 e. The van der Waals surface area contributed by atoms with Gasteiger partial charge in [0.25, 0.3) is 0 Å². The third-order valence-electron chi connectivity index (χ3n) is 3.63. The number of benzene rings is 2. The van der Waals surface area contributed by atoms with Gasteiger partial charge in [-0.05, 0) is 42.5 Å². The molecule has 0 radical (unpaired) electrons. The van der Waals surface area contributed by atoms with Crippen LogP contribution in [-0.2, 0) is 13.1 Å². The zero-order valence-corrected chi connectivity index (χ0v) is 13.9. The van der Waals surface area contributed by atoms with E-state index in [9.17, 15) is 0 Å². The first-order valence-electron chi connectivity index (χ1n) is 8.11. The highest BCUT2D eigenvalue weighted by Gasteiger charge is 1.98. The number of hydrogen-bond acceptors (Lipinski definition) is 2. The van der Waals surface area contributed by atoms with Gasteiger partial charge in [-0.15, -0.1) is 0 Å². The van der Waals surface area contributed by atoms with E-state index in [4.69, 9.17) is 4.74 Å². The van der Waals surface area contributed by atoms with Gasteiger partial charge in [-0.1, -0.05) is 55.8 Å². The van der Waals surface area contributed by atoms with Crippen molar-refractivity contribution in [2.45, 2.75) is 40.3 Å². The minimum atomic E-state index is 0.685. The average molecular weight is 297 g/mol. The number of nitrogens with one attached hydrogen (secondary N) is 1. The maximum absolute atomic E-state index is 5.74. The second kappa shape index (κ2) is 8.60. The van der Waals surface area contributed by atoms with Crippen LogP contribution in [0.25, 0.3) is 0 Å². The topological polar surface area (TPSA) is 21.3 Å². The van der Waals surface area contributed by atoms with E-state index in [0.717, 1.165) is 31.9 Å². The highest BCUT2D eigenvalue weighted by molar-refractivity contribution is 5.27. The van der Waals surface area contributed by atoms with Gasteiger partial charge in [0.1, 0.15) is 5.75 Å². The van der Waals surface area contributed by atoms with Crippen molar-refractivity contribution in [3.8, 4) is 5.75 Å². The Balaban J connectivity index is 1.74. The summed E-state index contributed by atoms with van der Waals surface area (Å²) in [6.45, 7) is 9.12. The van der Waals surface area contributed by atoms with Crippen LogP contribution in [0.1, 0.15) is 37.0 Å². The number of hydrogen-bond donors (Lipinski definition) is 1. The van der Waals surface area contributed by atoms with Crippen LogP contribution in [0, 0.1) is 12.8 Å². The third-order valence-corrected chi connectivity index (χ3v) is 3.63. The summed E-state index contributed by atoms with van der Waals surface area (Å²) in [5.74, 6) is 1.65. The fraction of sp³-hybridized carbons (Fsp3) is 0.400. The molecule has 0 aliphatic carbocycles. The average Bonchev–Trinajstić information content (AvgIpc) is 2.49. The Morgan fingerprint density at radius 3 is 2.36 bits per heavy atom. The maximum Gasteiger partial charge on any atom is 0.119 e. The minimum Gasteiger partial charge on any atom is -0.494 e. The van der Waals surface area contributed by atoms with Crippen molar-refractivity contribution in [1.82, 2.24) is 5.32 Å². The van der Waals surface area contributed by atoms with Crippen molar-refractivity contribution in [3.63, 3.8) is 0 Å². The van der Waals surface area contributed by atoms with Crippen molar-refractivity contribution in [1.29, 1.82) is 0 Å². The van der Waals surface area contributed by atoms with Crippen molar-refractivity contribution < 1.29 is 4.74 Å². The molecule has 1 N–H and O–H groups in total. The molecule has 0 unspecified atom stereocenters. The first kappa shape index (κ1) is 16.6. The highest BCUT2D eigenvalue weighted by atomic mass is 16.5. The van der Waals surface area contributed by atoms with Crippen LogP contribution in [0.3, 0.4) is 0 Å². The molecule has 2 nitrogen and oxygen atoms in total. The van der Waals surface area contributed by atoms with Crippen molar-refractivity contribution in [2.75, 3.05) is 6.61 Å². The maximum atomic E-state index is 5.74. The smallest absolute Gasteiger partial charge is 0.119 e. The second-order valence-corrected chi connectivity index (χ2v) is 6.27. The molecule has 0 bridgehead atoms. The molecule has 0 aliphatic heterocycles. The lowest BCUT2D eigenvalue weighted by Gasteiger charge is -2.09. The molecule has 2 heteroatoms. The lowest BCUT2D eigenvalue weighted by atomic mass is 10.1. The van der Waals surface area contributed by atoms with E-state index in [-0.39, 0.29) is 0 Å². The van der Waals surface area contributed by atoms with Gasteiger partial charge in [-0.25, -0.2) is 0 Å². The number of rotatable bonds is 8. The summed E-state index contributed by atoms with van der Waals surface area (Å²) in [5, 5.41) is 3.48. The molecule has 2 rings (SSSR count). The molecule has 2 aromatic rings. The fourth-order valence-electron chi connectivity index (χ4n) is 2.29. The van der Waals surface area contributed by atoms with E-state index in [1.165, 1.54) is 16.7 Å². The van der Waals surface area contributed by atoms with Gasteiger partial charge in [0.2, 0.25) is 0 Å². The Hall–Kier alpha value is -1.80. The number of ether oxygens (including phenoxy) is 1. The molecule has 0 aromatic heterocycles. The molecular weight excluding hydrogens is 270 g/mol. The van der Waals surface area contributed by atoms with E-state index in [1.807, 2.05) is 0 Å². The van der Waals surface area contributed by atoms with Gasteiger partial charge in [-0.3, -0.25) is 0 Å². The van der Waals surface area contributed by atoms with Crippen molar-refractivity contribution >= 4 is 0 Å². The molecular formula is C20H27NO. The summed E-state index contributed by atoms with van der Waals surface area (Å²) in [7, 11) is 0. The zero-order chi connectivity index (χ0) is 15.8. The zero-order valence-electron chi connectivity index (χ0n) is 13.9. The van der Waals surface area contributed by atoms with E-state index in [0.29, 0.717) is 5.92 Å². The Labute approximate surface area is 134 Å². The van der Waals surface area contributed by atoms with Gasteiger partial charge < -0.3 is 10.1 Å². The summed E-state index contributed by atoms with van der Waals surface area (Å²) in [6.07, 6.45) is 1.10. The SMILES string of the molecule is Cc1cccc(CNCc2ccc(OCCC(C)C)cc2)c1. The van der Waals surface area contributed by atoms with Crippen LogP contribution in [0.5, 0.6) is 5.75 Å². The van der Waals surface area contributed by atoms with Gasteiger partial charge in [0.15, 0.2) is 0 Å². The Morgan fingerprint density at radius 1 is 0.955 bits per heavy atom. The summed E-state index contributed by atoms with van der Waals surface area (Å²) >= 11 is 0. The van der Waals surface area contributed by atoms with Gasteiger partial charge in [0.05, 0.1) is 6.61 Å². The van der Waals surface area contributed by atoms with Crippen LogP contribution in [0.2, 0.25) is 0 Å². The molecule has 0 heterocycles. The predicted molar refractivity (Wildman–Crippen MR) is 93.1 cm³/mol. The Bertz CT molecular complexity index is 560. The molecule has 2 aromatic carbocycles. The first-order valence-corrected chi connectivity index (χ1v) is 8.11. The summed E-state index contributed by atoms with van der Waals surface area (Å²) < 4.78 is 5.74. The molecule has 0 fully saturated rings. The standard InChI is InChI=1S/C20H27NO/c1-16(2)11-12-22-20-9-7-18(8-10-20)14-21-15-19-6-4-5-17(3)13-19/h4-10,13,16,21H,11-12,14-15H2,1-3H3. The van der Waals surface area contributed by atoms with Crippen LogP contribution in [-0.4, -0.2) is 6.61 Å². The Kier molecular flexibility index (Phi) is 6.47. The normalized spacial score (nSPS) is 10.9. The van der Waals surface area contributed by atoms with Gasteiger partial charge in [-0.2, -0.15) is 0 Å². The lowest BCUT2D eigenvalue weighted by Crippen LogP contribution is -2.12. The van der Waals surface area contributed by atoms with Gasteiger partial charge in [0, 0.05) is 13.1 Å².